The Morgan fingerprint density at radius 3 is 2.66 bits per heavy atom. The van der Waals surface area contributed by atoms with E-state index in [1.165, 1.54) is 24.3 Å². The summed E-state index contributed by atoms with van der Waals surface area (Å²) in [5.74, 6) is 0.971. The van der Waals surface area contributed by atoms with Crippen molar-refractivity contribution in [3.8, 4) is 5.75 Å². The first-order valence-corrected chi connectivity index (χ1v) is 9.10. The summed E-state index contributed by atoms with van der Waals surface area (Å²) in [5, 5.41) is 14.6. The van der Waals surface area contributed by atoms with Gasteiger partial charge in [-0.2, -0.15) is 0 Å². The number of nitro groups is 1. The van der Waals surface area contributed by atoms with Crippen LogP contribution in [0, 0.1) is 24.0 Å². The third kappa shape index (κ3) is 4.09. The summed E-state index contributed by atoms with van der Waals surface area (Å²) in [6, 6.07) is 7.80. The van der Waals surface area contributed by atoms with E-state index in [1.54, 1.807) is 20.1 Å². The highest BCUT2D eigenvalue weighted by atomic mass is 35.5. The van der Waals surface area contributed by atoms with Gasteiger partial charge in [-0.15, -0.1) is 0 Å². The minimum absolute atomic E-state index is 0.00327. The Morgan fingerprint density at radius 2 is 2.00 bits per heavy atom. The molecule has 0 spiro atoms. The number of aryl methyl sites for hydroxylation is 2. The molecule has 1 heterocycles. The van der Waals surface area contributed by atoms with Crippen LogP contribution >= 0.6 is 11.6 Å². The Kier molecular flexibility index (Phi) is 5.61. The number of amides is 1. The zero-order chi connectivity index (χ0) is 21.3. The van der Waals surface area contributed by atoms with Crippen LogP contribution in [0.5, 0.6) is 5.75 Å². The third-order valence-corrected chi connectivity index (χ3v) is 5.00. The Labute approximate surface area is 172 Å². The summed E-state index contributed by atoms with van der Waals surface area (Å²) in [7, 11) is 1.55. The second-order valence-corrected chi connectivity index (χ2v) is 6.98. The quantitative estimate of drug-likeness (QED) is 0.330. The van der Waals surface area contributed by atoms with Crippen LogP contribution in [0.3, 0.4) is 0 Å². The van der Waals surface area contributed by atoms with Gasteiger partial charge in [0.15, 0.2) is 0 Å². The molecule has 0 aliphatic heterocycles. The van der Waals surface area contributed by atoms with Crippen LogP contribution < -0.4 is 10.1 Å². The van der Waals surface area contributed by atoms with E-state index in [1.807, 2.05) is 19.9 Å². The lowest BCUT2D eigenvalue weighted by molar-refractivity contribution is -0.384. The largest absolute Gasteiger partial charge is 0.496 e. The monoisotopic (exact) mass is 414 g/mol. The highest BCUT2D eigenvalue weighted by Gasteiger charge is 2.16. The molecule has 1 aromatic heterocycles. The maximum absolute atomic E-state index is 12.4. The Morgan fingerprint density at radius 1 is 1.28 bits per heavy atom. The fourth-order valence-corrected chi connectivity index (χ4v) is 3.22. The van der Waals surface area contributed by atoms with Crippen molar-refractivity contribution in [2.75, 3.05) is 12.4 Å². The van der Waals surface area contributed by atoms with Crippen molar-refractivity contribution in [2.45, 2.75) is 20.8 Å². The second-order valence-electron chi connectivity index (χ2n) is 6.57. The first-order chi connectivity index (χ1) is 13.7. The molecule has 1 amide bonds. The number of rotatable bonds is 5. The average molecular weight is 415 g/mol. The van der Waals surface area contributed by atoms with Gasteiger partial charge in [-0.3, -0.25) is 14.9 Å². The molecular formula is C21H19ClN2O5. The van der Waals surface area contributed by atoms with E-state index in [2.05, 4.69) is 5.32 Å². The summed E-state index contributed by atoms with van der Waals surface area (Å²) in [5.41, 5.74) is 3.16. The molecule has 0 aliphatic rings. The molecule has 3 aromatic rings. The Balaban J connectivity index is 1.92. The molecule has 0 bridgehead atoms. The lowest BCUT2D eigenvalue weighted by Crippen LogP contribution is -2.09. The number of halogens is 1. The van der Waals surface area contributed by atoms with Crippen molar-refractivity contribution < 1.29 is 18.9 Å². The van der Waals surface area contributed by atoms with Crippen molar-refractivity contribution in [1.29, 1.82) is 0 Å². The standard InChI is InChI=1S/C21H19ClN2O5/c1-11(7-21(25)23-14-5-6-17(22)18(8-14)24(26)27)15-9-16-12(2)13(3)29-20(16)10-19(15)28-4/h5-10H,1-4H3,(H,23,25)/b11-7+. The highest BCUT2D eigenvalue weighted by molar-refractivity contribution is 6.32. The summed E-state index contributed by atoms with van der Waals surface area (Å²) in [6.07, 6.45) is 1.41. The van der Waals surface area contributed by atoms with Gasteiger partial charge in [-0.1, -0.05) is 11.6 Å². The molecular weight excluding hydrogens is 396 g/mol. The zero-order valence-corrected chi connectivity index (χ0v) is 17.1. The highest BCUT2D eigenvalue weighted by Crippen LogP contribution is 2.35. The van der Waals surface area contributed by atoms with E-state index in [0.717, 1.165) is 22.3 Å². The van der Waals surface area contributed by atoms with Crippen molar-refractivity contribution in [1.82, 2.24) is 0 Å². The van der Waals surface area contributed by atoms with Crippen LogP contribution in [0.15, 0.2) is 40.8 Å². The number of hydrogen-bond acceptors (Lipinski definition) is 5. The molecule has 0 aliphatic carbocycles. The smallest absolute Gasteiger partial charge is 0.289 e. The molecule has 0 saturated carbocycles. The number of furan rings is 1. The van der Waals surface area contributed by atoms with E-state index in [4.69, 9.17) is 20.8 Å². The fourth-order valence-electron chi connectivity index (χ4n) is 3.03. The lowest BCUT2D eigenvalue weighted by atomic mass is 10.0. The topological polar surface area (TPSA) is 94.6 Å². The number of carbonyl (C=O) groups excluding carboxylic acids is 1. The molecule has 29 heavy (non-hydrogen) atoms. The number of nitrogens with zero attached hydrogens (tertiary/aromatic N) is 1. The van der Waals surface area contributed by atoms with Crippen molar-refractivity contribution in [2.24, 2.45) is 0 Å². The van der Waals surface area contributed by atoms with Crippen LogP contribution in [0.1, 0.15) is 23.8 Å². The van der Waals surface area contributed by atoms with Crippen LogP contribution in [0.25, 0.3) is 16.5 Å². The molecule has 0 fully saturated rings. The number of methoxy groups -OCH3 is 1. The molecule has 0 unspecified atom stereocenters. The second kappa shape index (κ2) is 7.97. The van der Waals surface area contributed by atoms with Gasteiger partial charge in [0.1, 0.15) is 22.1 Å². The summed E-state index contributed by atoms with van der Waals surface area (Å²) in [6.45, 7) is 5.65. The van der Waals surface area contributed by atoms with Gasteiger partial charge < -0.3 is 14.5 Å². The van der Waals surface area contributed by atoms with Crippen LogP contribution in [-0.2, 0) is 4.79 Å². The third-order valence-electron chi connectivity index (χ3n) is 4.68. The molecule has 1 N–H and O–H groups in total. The van der Waals surface area contributed by atoms with E-state index >= 15 is 0 Å². The molecule has 2 aromatic carbocycles. The maximum Gasteiger partial charge on any atom is 0.289 e. The van der Waals surface area contributed by atoms with Gasteiger partial charge >= 0.3 is 0 Å². The van der Waals surface area contributed by atoms with Crippen LogP contribution in [0.2, 0.25) is 5.02 Å². The number of ether oxygens (including phenoxy) is 1. The molecule has 8 heteroatoms. The number of fused-ring (bicyclic) bond motifs is 1. The van der Waals surface area contributed by atoms with Gasteiger partial charge in [0.2, 0.25) is 5.91 Å². The average Bonchev–Trinajstić information content (AvgIpc) is 2.95. The zero-order valence-electron chi connectivity index (χ0n) is 16.3. The molecule has 0 atom stereocenters. The maximum atomic E-state index is 12.4. The Hall–Kier alpha value is -3.32. The molecule has 150 valence electrons. The van der Waals surface area contributed by atoms with Crippen LogP contribution in [0.4, 0.5) is 11.4 Å². The van der Waals surface area contributed by atoms with Gasteiger partial charge in [-0.25, -0.2) is 0 Å². The molecule has 7 nitrogen and oxygen atoms in total. The summed E-state index contributed by atoms with van der Waals surface area (Å²) in [4.78, 5) is 22.8. The number of hydrogen-bond donors (Lipinski definition) is 1. The fraction of sp³-hybridized carbons (Fsp3) is 0.190. The van der Waals surface area contributed by atoms with Gasteiger partial charge in [0.25, 0.3) is 5.69 Å². The number of nitrogens with one attached hydrogen (secondary N) is 1. The van der Waals surface area contributed by atoms with Gasteiger partial charge in [0, 0.05) is 34.8 Å². The summed E-state index contributed by atoms with van der Waals surface area (Å²) < 4.78 is 11.2. The van der Waals surface area contributed by atoms with E-state index in [9.17, 15) is 14.9 Å². The van der Waals surface area contributed by atoms with Crippen molar-refractivity contribution in [3.05, 3.63) is 68.4 Å². The predicted molar refractivity (Wildman–Crippen MR) is 113 cm³/mol. The summed E-state index contributed by atoms with van der Waals surface area (Å²) >= 11 is 5.80. The van der Waals surface area contributed by atoms with E-state index < -0.39 is 10.8 Å². The number of nitro benzene ring substituents is 1. The minimum atomic E-state index is -0.603. The van der Waals surface area contributed by atoms with Crippen LogP contribution in [-0.4, -0.2) is 17.9 Å². The first kappa shape index (κ1) is 20.4. The molecule has 0 radical (unpaired) electrons. The lowest BCUT2D eigenvalue weighted by Gasteiger charge is -2.10. The minimum Gasteiger partial charge on any atom is -0.496 e. The number of anilines is 1. The van der Waals surface area contributed by atoms with Crippen molar-refractivity contribution >= 4 is 45.4 Å². The number of benzene rings is 2. The van der Waals surface area contributed by atoms with E-state index in [-0.39, 0.29) is 16.4 Å². The van der Waals surface area contributed by atoms with Crippen molar-refractivity contribution in [3.63, 3.8) is 0 Å². The van der Waals surface area contributed by atoms with E-state index in [0.29, 0.717) is 16.9 Å². The Bertz CT molecular complexity index is 1160. The molecule has 0 saturated heterocycles. The number of allylic oxidation sites excluding steroid dienone is 1. The number of carbonyl (C=O) groups is 1. The normalized spacial score (nSPS) is 11.6. The van der Waals surface area contributed by atoms with Gasteiger partial charge in [0.05, 0.1) is 12.0 Å². The SMILES string of the molecule is COc1cc2oc(C)c(C)c2cc1/C(C)=C/C(=O)Nc1ccc(Cl)c([N+](=O)[O-])c1. The predicted octanol–water partition coefficient (Wildman–Crippen LogP) is 5.66. The molecule has 3 rings (SSSR count). The first-order valence-electron chi connectivity index (χ1n) is 8.72. The van der Waals surface area contributed by atoms with Gasteiger partial charge in [-0.05, 0) is 50.1 Å².